The maximum absolute atomic E-state index is 5.42. The molecular formula is C8H6Cl2N. The van der Waals surface area contributed by atoms with E-state index in [0.717, 1.165) is 11.3 Å². The zero-order chi connectivity index (χ0) is 8.27. The topological polar surface area (TPSA) is 12.9 Å². The molecule has 3 heteroatoms. The van der Waals surface area contributed by atoms with Crippen molar-refractivity contribution in [3.05, 3.63) is 41.0 Å². The Morgan fingerprint density at radius 2 is 2.18 bits per heavy atom. The molecule has 1 aromatic rings. The quantitative estimate of drug-likeness (QED) is 0.658. The normalized spacial score (nSPS) is 9.36. The van der Waals surface area contributed by atoms with E-state index >= 15 is 0 Å². The van der Waals surface area contributed by atoms with Crippen LogP contribution in [0.5, 0.6) is 0 Å². The minimum Gasteiger partial charge on any atom is -0.257 e. The number of halogens is 2. The Kier molecular flexibility index (Phi) is 2.92. The van der Waals surface area contributed by atoms with E-state index in [-0.39, 0.29) is 4.49 Å². The third kappa shape index (κ3) is 2.91. The van der Waals surface area contributed by atoms with Gasteiger partial charge in [-0.05, 0) is 24.6 Å². The monoisotopic (exact) mass is 186 g/mol. The van der Waals surface area contributed by atoms with Crippen LogP contribution in [0.25, 0.3) is 6.08 Å². The molecule has 0 saturated heterocycles. The molecule has 0 aliphatic carbocycles. The van der Waals surface area contributed by atoms with Crippen LogP contribution in [0.15, 0.2) is 22.8 Å². The third-order valence-corrected chi connectivity index (χ3v) is 1.32. The minimum absolute atomic E-state index is 0.203. The molecule has 1 aromatic heterocycles. The van der Waals surface area contributed by atoms with Crippen LogP contribution < -0.4 is 0 Å². The van der Waals surface area contributed by atoms with Crippen molar-refractivity contribution in [1.82, 2.24) is 4.98 Å². The van der Waals surface area contributed by atoms with E-state index in [1.54, 1.807) is 18.3 Å². The lowest BCUT2D eigenvalue weighted by Crippen LogP contribution is -1.80. The largest absolute Gasteiger partial charge is 0.257 e. The number of hydrogen-bond acceptors (Lipinski definition) is 1. The van der Waals surface area contributed by atoms with Crippen LogP contribution in [0, 0.1) is 6.92 Å². The van der Waals surface area contributed by atoms with Crippen molar-refractivity contribution >= 4 is 29.3 Å². The molecule has 0 atom stereocenters. The molecule has 0 unspecified atom stereocenters. The molecule has 57 valence electrons. The Bertz CT molecular complexity index is 260. The first-order valence-corrected chi connectivity index (χ1v) is 3.75. The Hall–Kier alpha value is -0.530. The first-order valence-electron chi connectivity index (χ1n) is 2.99. The van der Waals surface area contributed by atoms with E-state index in [1.165, 1.54) is 0 Å². The number of pyridine rings is 1. The van der Waals surface area contributed by atoms with E-state index in [0.29, 0.717) is 0 Å². The van der Waals surface area contributed by atoms with Gasteiger partial charge < -0.3 is 0 Å². The molecule has 0 aromatic carbocycles. The van der Waals surface area contributed by atoms with Gasteiger partial charge in [-0.2, -0.15) is 0 Å². The zero-order valence-electron chi connectivity index (χ0n) is 5.72. The summed E-state index contributed by atoms with van der Waals surface area (Å²) in [5, 5.41) is 0. The Morgan fingerprint density at radius 1 is 1.45 bits per heavy atom. The number of rotatable bonds is 1. The molecule has 1 radical (unpaired) electrons. The van der Waals surface area contributed by atoms with Gasteiger partial charge in [-0.3, -0.25) is 4.98 Å². The van der Waals surface area contributed by atoms with Crippen molar-refractivity contribution in [1.29, 1.82) is 0 Å². The zero-order valence-corrected chi connectivity index (χ0v) is 7.23. The van der Waals surface area contributed by atoms with Crippen molar-refractivity contribution in [3.8, 4) is 0 Å². The summed E-state index contributed by atoms with van der Waals surface area (Å²) < 4.78 is 0.203. The van der Waals surface area contributed by atoms with Crippen LogP contribution in [-0.2, 0) is 0 Å². The molecule has 1 heterocycles. The summed E-state index contributed by atoms with van der Waals surface area (Å²) in [6.45, 7) is 3.69. The summed E-state index contributed by atoms with van der Waals surface area (Å²) in [5.74, 6) is 0. The molecule has 0 spiro atoms. The Morgan fingerprint density at radius 3 is 2.64 bits per heavy atom. The second-order valence-electron chi connectivity index (χ2n) is 2.03. The molecule has 1 rings (SSSR count). The second kappa shape index (κ2) is 3.74. The predicted octanol–water partition coefficient (Wildman–Crippen LogP) is 3.04. The lowest BCUT2D eigenvalue weighted by atomic mass is 10.3. The van der Waals surface area contributed by atoms with Crippen LogP contribution in [0.2, 0.25) is 0 Å². The number of hydrogen-bond donors (Lipinski definition) is 0. The summed E-state index contributed by atoms with van der Waals surface area (Å²) in [4.78, 5) is 4.01. The van der Waals surface area contributed by atoms with Gasteiger partial charge in [0.25, 0.3) is 0 Å². The van der Waals surface area contributed by atoms with Crippen molar-refractivity contribution in [2.75, 3.05) is 0 Å². The Labute approximate surface area is 75.7 Å². The summed E-state index contributed by atoms with van der Waals surface area (Å²) in [5.41, 5.74) is 1.60. The first-order chi connectivity index (χ1) is 5.18. The lowest BCUT2D eigenvalue weighted by molar-refractivity contribution is 1.27. The highest BCUT2D eigenvalue weighted by Gasteiger charge is 1.89. The summed E-state index contributed by atoms with van der Waals surface area (Å²) >= 11 is 10.8. The summed E-state index contributed by atoms with van der Waals surface area (Å²) in [6.07, 6.45) is 3.23. The smallest absolute Gasteiger partial charge is 0.108 e. The molecule has 0 bridgehead atoms. The molecule has 0 aliphatic rings. The molecule has 1 nitrogen and oxygen atoms in total. The molecule has 0 amide bonds. The van der Waals surface area contributed by atoms with E-state index in [2.05, 4.69) is 11.9 Å². The second-order valence-corrected chi connectivity index (χ2v) is 3.03. The fraction of sp³-hybridized carbons (Fsp3) is 0. The average Bonchev–Trinajstić information content (AvgIpc) is 1.93. The van der Waals surface area contributed by atoms with Gasteiger partial charge in [-0.15, -0.1) is 0 Å². The van der Waals surface area contributed by atoms with Crippen LogP contribution in [0.4, 0.5) is 0 Å². The van der Waals surface area contributed by atoms with Gasteiger partial charge in [-0.1, -0.05) is 29.3 Å². The number of aromatic nitrogens is 1. The van der Waals surface area contributed by atoms with Crippen molar-refractivity contribution < 1.29 is 0 Å². The van der Waals surface area contributed by atoms with Gasteiger partial charge in [0.2, 0.25) is 0 Å². The first kappa shape index (κ1) is 8.57. The van der Waals surface area contributed by atoms with Gasteiger partial charge >= 0.3 is 0 Å². The third-order valence-electron chi connectivity index (χ3n) is 1.10. The van der Waals surface area contributed by atoms with E-state index in [4.69, 9.17) is 23.2 Å². The predicted molar refractivity (Wildman–Crippen MR) is 48.4 cm³/mol. The minimum atomic E-state index is 0.203. The van der Waals surface area contributed by atoms with Crippen molar-refractivity contribution in [2.24, 2.45) is 0 Å². The Balaban J connectivity index is 2.91. The fourth-order valence-corrected chi connectivity index (χ4v) is 0.857. The molecule has 11 heavy (non-hydrogen) atoms. The highest BCUT2D eigenvalue weighted by Crippen LogP contribution is 2.11. The molecule has 0 N–H and O–H groups in total. The van der Waals surface area contributed by atoms with Gasteiger partial charge in [0.1, 0.15) is 4.49 Å². The molecule has 0 saturated carbocycles. The van der Waals surface area contributed by atoms with E-state index < -0.39 is 0 Å². The highest BCUT2D eigenvalue weighted by molar-refractivity contribution is 6.57. The van der Waals surface area contributed by atoms with E-state index in [1.807, 2.05) is 6.07 Å². The van der Waals surface area contributed by atoms with Gasteiger partial charge in [0.15, 0.2) is 0 Å². The van der Waals surface area contributed by atoms with Crippen LogP contribution in [-0.4, -0.2) is 4.98 Å². The lowest BCUT2D eigenvalue weighted by Gasteiger charge is -1.92. The van der Waals surface area contributed by atoms with Crippen molar-refractivity contribution in [2.45, 2.75) is 0 Å². The van der Waals surface area contributed by atoms with Crippen molar-refractivity contribution in [3.63, 3.8) is 0 Å². The summed E-state index contributed by atoms with van der Waals surface area (Å²) in [6, 6.07) is 3.64. The maximum Gasteiger partial charge on any atom is 0.108 e. The standard InChI is InChI=1S/C8H6Cl2N/c1-6-2-3-7(11-5-6)4-8(9)10/h2-5H,1H2. The highest BCUT2D eigenvalue weighted by atomic mass is 35.5. The summed E-state index contributed by atoms with van der Waals surface area (Å²) in [7, 11) is 0. The molecular weight excluding hydrogens is 181 g/mol. The van der Waals surface area contributed by atoms with Gasteiger partial charge in [-0.25, -0.2) is 0 Å². The van der Waals surface area contributed by atoms with Gasteiger partial charge in [0.05, 0.1) is 5.69 Å². The van der Waals surface area contributed by atoms with Crippen LogP contribution in [0.3, 0.4) is 0 Å². The fourth-order valence-electron chi connectivity index (χ4n) is 0.633. The molecule has 0 fully saturated rings. The average molecular weight is 187 g/mol. The maximum atomic E-state index is 5.42. The molecule has 0 aliphatic heterocycles. The SMILES string of the molecule is [CH2]c1ccc(C=C(Cl)Cl)nc1. The van der Waals surface area contributed by atoms with E-state index in [9.17, 15) is 0 Å². The number of nitrogens with zero attached hydrogens (tertiary/aromatic N) is 1. The van der Waals surface area contributed by atoms with Crippen LogP contribution >= 0.6 is 23.2 Å². The van der Waals surface area contributed by atoms with Gasteiger partial charge in [0, 0.05) is 6.20 Å². The van der Waals surface area contributed by atoms with Crippen LogP contribution in [0.1, 0.15) is 11.3 Å².